The van der Waals surface area contributed by atoms with Crippen LogP contribution in [-0.4, -0.2) is 5.78 Å². The number of benzene rings is 2. The van der Waals surface area contributed by atoms with Gasteiger partial charge in [0.15, 0.2) is 5.78 Å². The molecule has 0 fully saturated rings. The Bertz CT molecular complexity index is 618. The molecule has 0 aromatic heterocycles. The molecule has 0 unspecified atom stereocenters. The number of ketones is 1. The normalized spacial score (nSPS) is 10.5. The molecule has 98 valence electrons. The van der Waals surface area contributed by atoms with Gasteiger partial charge < -0.3 is 0 Å². The van der Waals surface area contributed by atoms with Crippen molar-refractivity contribution in [1.29, 1.82) is 0 Å². The van der Waals surface area contributed by atoms with Crippen molar-refractivity contribution in [3.05, 3.63) is 69.7 Å². The Balaban J connectivity index is 2.28. The van der Waals surface area contributed by atoms with Crippen LogP contribution in [-0.2, 0) is 6.42 Å². The van der Waals surface area contributed by atoms with Gasteiger partial charge in [-0.25, -0.2) is 8.78 Å². The molecule has 0 aliphatic carbocycles. The first-order valence-electron chi connectivity index (χ1n) is 5.70. The number of Topliss-reactive ketones (excluding diaryl/α,β-unsaturated/α-hetero) is 1. The Hall–Kier alpha value is -1.74. The van der Waals surface area contributed by atoms with Crippen LogP contribution >= 0.6 is 11.6 Å². The van der Waals surface area contributed by atoms with Gasteiger partial charge in [0.25, 0.3) is 0 Å². The zero-order chi connectivity index (χ0) is 14.0. The third-order valence-electron chi connectivity index (χ3n) is 2.72. The highest BCUT2D eigenvalue weighted by molar-refractivity contribution is 6.31. The molecule has 0 saturated heterocycles. The number of hydrogen-bond acceptors (Lipinski definition) is 1. The quantitative estimate of drug-likeness (QED) is 0.764. The van der Waals surface area contributed by atoms with E-state index >= 15 is 0 Å². The van der Waals surface area contributed by atoms with E-state index in [-0.39, 0.29) is 17.8 Å². The number of aryl methyl sites for hydroxylation is 1. The van der Waals surface area contributed by atoms with Crippen LogP contribution < -0.4 is 0 Å². The topological polar surface area (TPSA) is 17.1 Å². The van der Waals surface area contributed by atoms with Crippen LogP contribution in [0.2, 0.25) is 5.02 Å². The van der Waals surface area contributed by atoms with E-state index in [4.69, 9.17) is 11.6 Å². The lowest BCUT2D eigenvalue weighted by Crippen LogP contribution is -2.05. The summed E-state index contributed by atoms with van der Waals surface area (Å²) in [5.74, 6) is -1.22. The molecule has 1 nitrogen and oxygen atoms in total. The van der Waals surface area contributed by atoms with Gasteiger partial charge in [0, 0.05) is 17.0 Å². The van der Waals surface area contributed by atoms with E-state index in [1.807, 2.05) is 0 Å². The minimum Gasteiger partial charge on any atom is -0.294 e. The molecule has 0 radical (unpaired) electrons. The number of carbonyl (C=O) groups is 1. The molecular formula is C15H11ClF2O. The van der Waals surface area contributed by atoms with Crippen LogP contribution in [0.25, 0.3) is 0 Å². The molecule has 0 aliphatic heterocycles. The Morgan fingerprint density at radius 3 is 2.53 bits per heavy atom. The van der Waals surface area contributed by atoms with Crippen LogP contribution in [0.5, 0.6) is 0 Å². The standard InChI is InChI=1S/C15H11ClF2O/c1-9-4-11(7-13(18)5-9)15(19)8-10-6-12(17)2-3-14(10)16/h2-7H,8H2,1H3. The molecule has 0 saturated carbocycles. The third kappa shape index (κ3) is 3.38. The van der Waals surface area contributed by atoms with Crippen LogP contribution in [0.4, 0.5) is 8.78 Å². The summed E-state index contributed by atoms with van der Waals surface area (Å²) in [6.45, 7) is 1.70. The average molecular weight is 281 g/mol. The minimum absolute atomic E-state index is 0.0561. The highest BCUT2D eigenvalue weighted by Crippen LogP contribution is 2.20. The first kappa shape index (κ1) is 13.7. The minimum atomic E-state index is -0.464. The molecule has 0 aliphatic rings. The summed E-state index contributed by atoms with van der Waals surface area (Å²) in [7, 11) is 0. The van der Waals surface area contributed by atoms with Gasteiger partial charge in [-0.2, -0.15) is 0 Å². The smallest absolute Gasteiger partial charge is 0.167 e. The number of hydrogen-bond donors (Lipinski definition) is 0. The van der Waals surface area contributed by atoms with E-state index in [1.54, 1.807) is 13.0 Å². The highest BCUT2D eigenvalue weighted by atomic mass is 35.5. The fraction of sp³-hybridized carbons (Fsp3) is 0.133. The Morgan fingerprint density at radius 2 is 1.84 bits per heavy atom. The summed E-state index contributed by atoms with van der Waals surface area (Å²) in [6, 6.07) is 7.94. The molecule has 0 heterocycles. The average Bonchev–Trinajstić information content (AvgIpc) is 2.32. The largest absolute Gasteiger partial charge is 0.294 e. The molecule has 0 bridgehead atoms. The molecule has 0 amide bonds. The molecule has 0 atom stereocenters. The fourth-order valence-electron chi connectivity index (χ4n) is 1.85. The summed E-state index contributed by atoms with van der Waals surface area (Å²) in [6.07, 6.45) is -0.0561. The van der Waals surface area contributed by atoms with Crippen LogP contribution in [0.3, 0.4) is 0 Å². The first-order chi connectivity index (χ1) is 8.95. The van der Waals surface area contributed by atoms with Crippen molar-refractivity contribution in [2.45, 2.75) is 13.3 Å². The maximum atomic E-state index is 13.2. The molecule has 19 heavy (non-hydrogen) atoms. The lowest BCUT2D eigenvalue weighted by Gasteiger charge is -2.05. The predicted octanol–water partition coefficient (Wildman–Crippen LogP) is 4.35. The predicted molar refractivity (Wildman–Crippen MR) is 70.6 cm³/mol. The van der Waals surface area contributed by atoms with Crippen molar-refractivity contribution >= 4 is 17.4 Å². The fourth-order valence-corrected chi connectivity index (χ4v) is 2.04. The van der Waals surface area contributed by atoms with Gasteiger partial charge in [0.2, 0.25) is 0 Å². The van der Waals surface area contributed by atoms with E-state index < -0.39 is 11.6 Å². The molecule has 0 spiro atoms. The Labute approximate surface area is 114 Å². The lowest BCUT2D eigenvalue weighted by molar-refractivity contribution is 0.0992. The molecule has 4 heteroatoms. The Kier molecular flexibility index (Phi) is 3.96. The zero-order valence-electron chi connectivity index (χ0n) is 10.2. The Morgan fingerprint density at radius 1 is 1.11 bits per heavy atom. The van der Waals surface area contributed by atoms with Gasteiger partial charge in [-0.05, 0) is 54.4 Å². The SMILES string of the molecule is Cc1cc(F)cc(C(=O)Cc2cc(F)ccc2Cl)c1. The van der Waals surface area contributed by atoms with Gasteiger partial charge in [0.05, 0.1) is 0 Å². The second-order valence-corrected chi connectivity index (χ2v) is 4.76. The molecule has 0 N–H and O–H groups in total. The summed E-state index contributed by atoms with van der Waals surface area (Å²) < 4.78 is 26.3. The first-order valence-corrected chi connectivity index (χ1v) is 6.08. The van der Waals surface area contributed by atoms with Gasteiger partial charge in [-0.1, -0.05) is 11.6 Å². The second-order valence-electron chi connectivity index (χ2n) is 4.35. The lowest BCUT2D eigenvalue weighted by atomic mass is 10.0. The molecular weight excluding hydrogens is 270 g/mol. The van der Waals surface area contributed by atoms with E-state index in [0.717, 1.165) is 0 Å². The van der Waals surface area contributed by atoms with Gasteiger partial charge in [-0.3, -0.25) is 4.79 Å². The van der Waals surface area contributed by atoms with E-state index in [2.05, 4.69) is 0 Å². The number of carbonyl (C=O) groups excluding carboxylic acids is 1. The van der Waals surface area contributed by atoms with Crippen LogP contribution in [0.1, 0.15) is 21.5 Å². The summed E-state index contributed by atoms with van der Waals surface area (Å²) in [5.41, 5.74) is 1.32. The van der Waals surface area contributed by atoms with Gasteiger partial charge >= 0.3 is 0 Å². The zero-order valence-corrected chi connectivity index (χ0v) is 11.0. The second kappa shape index (κ2) is 5.49. The van der Waals surface area contributed by atoms with Crippen molar-refractivity contribution in [2.75, 3.05) is 0 Å². The summed E-state index contributed by atoms with van der Waals surface area (Å²) in [4.78, 5) is 12.0. The molecule has 2 rings (SSSR count). The van der Waals surface area contributed by atoms with Gasteiger partial charge in [-0.15, -0.1) is 0 Å². The molecule has 2 aromatic carbocycles. The summed E-state index contributed by atoms with van der Waals surface area (Å²) in [5, 5.41) is 0.322. The van der Waals surface area contributed by atoms with Crippen molar-refractivity contribution in [1.82, 2.24) is 0 Å². The van der Waals surface area contributed by atoms with Crippen molar-refractivity contribution in [2.24, 2.45) is 0 Å². The van der Waals surface area contributed by atoms with E-state index in [1.165, 1.54) is 30.3 Å². The van der Waals surface area contributed by atoms with Crippen molar-refractivity contribution in [3.63, 3.8) is 0 Å². The molecule has 2 aromatic rings. The highest BCUT2D eigenvalue weighted by Gasteiger charge is 2.12. The van der Waals surface area contributed by atoms with Gasteiger partial charge in [0.1, 0.15) is 11.6 Å². The van der Waals surface area contributed by atoms with Crippen molar-refractivity contribution < 1.29 is 13.6 Å². The van der Waals surface area contributed by atoms with Crippen molar-refractivity contribution in [3.8, 4) is 0 Å². The summed E-state index contributed by atoms with van der Waals surface area (Å²) >= 11 is 5.90. The van der Waals surface area contributed by atoms with E-state index in [9.17, 15) is 13.6 Å². The number of rotatable bonds is 3. The van der Waals surface area contributed by atoms with Crippen LogP contribution in [0, 0.1) is 18.6 Å². The monoisotopic (exact) mass is 280 g/mol. The maximum absolute atomic E-state index is 13.2. The third-order valence-corrected chi connectivity index (χ3v) is 3.09. The van der Waals surface area contributed by atoms with E-state index in [0.29, 0.717) is 16.1 Å². The maximum Gasteiger partial charge on any atom is 0.167 e. The van der Waals surface area contributed by atoms with Crippen LogP contribution in [0.15, 0.2) is 36.4 Å². The number of halogens is 3.